The molecule has 5 N–H and O–H groups in total. The van der Waals surface area contributed by atoms with Crippen molar-refractivity contribution >= 4 is 10.9 Å². The SMILES string of the molecule is Cc1[nH]c2ccc(O)cc2c1C[C@@H](C)[NH3+]. The standard InChI is InChI=1S/C12H16N2O/c1-7(13)5-10-8(2)14-12-4-3-9(15)6-11(10)12/h3-4,6-7,14-15H,5,13H2,1-2H3/p+1/t7-/m1/s1. The Morgan fingerprint density at radius 2 is 2.20 bits per heavy atom. The monoisotopic (exact) mass is 205 g/mol. The number of phenolic OH excluding ortho intramolecular Hbond substituents is 1. The number of aromatic amines is 1. The molecule has 0 aliphatic carbocycles. The minimum Gasteiger partial charge on any atom is -0.508 e. The summed E-state index contributed by atoms with van der Waals surface area (Å²) in [5.74, 6) is 0.319. The van der Waals surface area contributed by atoms with Gasteiger partial charge >= 0.3 is 0 Å². The van der Waals surface area contributed by atoms with Gasteiger partial charge in [0.25, 0.3) is 0 Å². The van der Waals surface area contributed by atoms with Crippen LogP contribution in [0.3, 0.4) is 0 Å². The van der Waals surface area contributed by atoms with Crippen molar-refractivity contribution < 1.29 is 10.8 Å². The van der Waals surface area contributed by atoms with Gasteiger partial charge in [0.2, 0.25) is 0 Å². The molecule has 3 nitrogen and oxygen atoms in total. The van der Waals surface area contributed by atoms with Crippen LogP contribution in [0.15, 0.2) is 18.2 Å². The van der Waals surface area contributed by atoms with Gasteiger partial charge in [-0.3, -0.25) is 0 Å². The first-order chi connectivity index (χ1) is 7.08. The molecule has 1 atom stereocenters. The zero-order chi connectivity index (χ0) is 11.0. The summed E-state index contributed by atoms with van der Waals surface area (Å²) in [4.78, 5) is 3.32. The summed E-state index contributed by atoms with van der Waals surface area (Å²) in [5, 5.41) is 10.6. The number of benzene rings is 1. The number of aryl methyl sites for hydroxylation is 1. The first-order valence-electron chi connectivity index (χ1n) is 5.21. The summed E-state index contributed by atoms with van der Waals surface area (Å²) in [6.45, 7) is 4.16. The van der Waals surface area contributed by atoms with Crippen molar-refractivity contribution in [3.05, 3.63) is 29.5 Å². The number of phenols is 1. The van der Waals surface area contributed by atoms with Gasteiger partial charge in [-0.15, -0.1) is 0 Å². The van der Waals surface area contributed by atoms with E-state index in [9.17, 15) is 5.11 Å². The smallest absolute Gasteiger partial charge is 0.116 e. The second-order valence-electron chi connectivity index (χ2n) is 4.27. The lowest BCUT2D eigenvalue weighted by molar-refractivity contribution is -0.413. The molecule has 3 heteroatoms. The van der Waals surface area contributed by atoms with E-state index in [1.807, 2.05) is 12.1 Å². The molecule has 80 valence electrons. The molecule has 0 aliphatic heterocycles. The minimum atomic E-state index is 0.319. The Hall–Kier alpha value is -1.48. The van der Waals surface area contributed by atoms with Crippen molar-refractivity contribution in [3.8, 4) is 5.75 Å². The number of quaternary nitrogens is 1. The summed E-state index contributed by atoms with van der Waals surface area (Å²) in [7, 11) is 0. The first kappa shape index (κ1) is 10.1. The van der Waals surface area contributed by atoms with Crippen LogP contribution >= 0.6 is 0 Å². The van der Waals surface area contributed by atoms with E-state index >= 15 is 0 Å². The number of aromatic nitrogens is 1. The van der Waals surface area contributed by atoms with Crippen LogP contribution in [0, 0.1) is 6.92 Å². The topological polar surface area (TPSA) is 63.7 Å². The number of fused-ring (bicyclic) bond motifs is 1. The van der Waals surface area contributed by atoms with Gasteiger partial charge in [0.05, 0.1) is 6.04 Å². The maximum Gasteiger partial charge on any atom is 0.116 e. The van der Waals surface area contributed by atoms with Gasteiger partial charge in [0.15, 0.2) is 0 Å². The summed E-state index contributed by atoms with van der Waals surface area (Å²) >= 11 is 0. The first-order valence-corrected chi connectivity index (χ1v) is 5.21. The predicted molar refractivity (Wildman–Crippen MR) is 60.8 cm³/mol. The van der Waals surface area contributed by atoms with E-state index < -0.39 is 0 Å². The third kappa shape index (κ3) is 1.83. The molecule has 1 aromatic heterocycles. The second kappa shape index (κ2) is 3.59. The molecular weight excluding hydrogens is 188 g/mol. The number of rotatable bonds is 2. The maximum atomic E-state index is 9.47. The van der Waals surface area contributed by atoms with Crippen molar-refractivity contribution in [1.29, 1.82) is 0 Å². The van der Waals surface area contributed by atoms with Crippen LogP contribution in [-0.2, 0) is 6.42 Å². The average Bonchev–Trinajstić information content (AvgIpc) is 2.43. The van der Waals surface area contributed by atoms with Crippen LogP contribution in [0.1, 0.15) is 18.2 Å². The molecule has 2 aromatic rings. The van der Waals surface area contributed by atoms with E-state index in [2.05, 4.69) is 24.6 Å². The predicted octanol–water partition coefficient (Wildman–Crippen LogP) is 1.35. The lowest BCUT2D eigenvalue weighted by Gasteiger charge is -2.02. The van der Waals surface area contributed by atoms with Crippen LogP contribution in [0.2, 0.25) is 0 Å². The highest BCUT2D eigenvalue weighted by molar-refractivity contribution is 5.85. The number of hydrogen-bond acceptors (Lipinski definition) is 1. The van der Waals surface area contributed by atoms with Crippen molar-refractivity contribution in [3.63, 3.8) is 0 Å². The number of hydrogen-bond donors (Lipinski definition) is 3. The molecule has 0 spiro atoms. The third-order valence-electron chi connectivity index (χ3n) is 2.66. The Labute approximate surface area is 88.9 Å². The van der Waals surface area contributed by atoms with Crippen molar-refractivity contribution in [1.82, 2.24) is 4.98 Å². The van der Waals surface area contributed by atoms with Crippen molar-refractivity contribution in [2.45, 2.75) is 26.3 Å². The fourth-order valence-electron chi connectivity index (χ4n) is 1.98. The minimum absolute atomic E-state index is 0.319. The van der Waals surface area contributed by atoms with Gasteiger partial charge in [0, 0.05) is 23.0 Å². The summed E-state index contributed by atoms with van der Waals surface area (Å²) in [6.07, 6.45) is 0.940. The number of nitrogens with one attached hydrogen (secondary N) is 1. The molecule has 0 bridgehead atoms. The third-order valence-corrected chi connectivity index (χ3v) is 2.66. The fourth-order valence-corrected chi connectivity index (χ4v) is 1.98. The Kier molecular flexibility index (Phi) is 2.40. The van der Waals surface area contributed by atoms with Gasteiger partial charge in [-0.2, -0.15) is 0 Å². The van der Waals surface area contributed by atoms with Gasteiger partial charge in [0.1, 0.15) is 5.75 Å². The molecule has 1 aromatic carbocycles. The van der Waals surface area contributed by atoms with Gasteiger partial charge in [-0.25, -0.2) is 0 Å². The Bertz CT molecular complexity index is 486. The Morgan fingerprint density at radius 3 is 2.87 bits per heavy atom. The molecule has 0 aliphatic rings. The summed E-state index contributed by atoms with van der Waals surface area (Å²) < 4.78 is 0. The van der Waals surface area contributed by atoms with Crippen molar-refractivity contribution in [2.75, 3.05) is 0 Å². The van der Waals surface area contributed by atoms with Crippen LogP contribution in [-0.4, -0.2) is 16.1 Å². The zero-order valence-corrected chi connectivity index (χ0v) is 9.17. The van der Waals surface area contributed by atoms with Crippen LogP contribution in [0.25, 0.3) is 10.9 Å². The molecule has 0 unspecified atom stereocenters. The molecule has 0 saturated heterocycles. The van der Waals surface area contributed by atoms with Gasteiger partial charge in [-0.05, 0) is 37.6 Å². The highest BCUT2D eigenvalue weighted by Gasteiger charge is 2.11. The van der Waals surface area contributed by atoms with E-state index in [1.54, 1.807) is 6.07 Å². The largest absolute Gasteiger partial charge is 0.508 e. The average molecular weight is 205 g/mol. The van der Waals surface area contributed by atoms with Crippen molar-refractivity contribution in [2.24, 2.45) is 0 Å². The zero-order valence-electron chi connectivity index (χ0n) is 9.17. The molecule has 0 saturated carbocycles. The van der Waals surface area contributed by atoms with E-state index in [4.69, 9.17) is 0 Å². The lowest BCUT2D eigenvalue weighted by atomic mass is 10.0. The van der Waals surface area contributed by atoms with Crippen LogP contribution in [0.5, 0.6) is 5.75 Å². The lowest BCUT2D eigenvalue weighted by Crippen LogP contribution is -2.60. The summed E-state index contributed by atoms with van der Waals surface area (Å²) in [5.41, 5.74) is 7.53. The van der Waals surface area contributed by atoms with E-state index in [1.165, 1.54) is 11.3 Å². The molecule has 2 rings (SSSR count). The normalized spacial score (nSPS) is 13.3. The van der Waals surface area contributed by atoms with E-state index in [0.717, 1.165) is 17.3 Å². The molecule has 0 fully saturated rings. The van der Waals surface area contributed by atoms with Crippen LogP contribution in [0.4, 0.5) is 0 Å². The van der Waals surface area contributed by atoms with E-state index in [0.29, 0.717) is 11.8 Å². The number of aromatic hydroxyl groups is 1. The second-order valence-corrected chi connectivity index (χ2v) is 4.27. The number of H-pyrrole nitrogens is 1. The summed E-state index contributed by atoms with van der Waals surface area (Å²) in [6, 6.07) is 5.81. The molecule has 1 heterocycles. The fraction of sp³-hybridized carbons (Fsp3) is 0.333. The Morgan fingerprint density at radius 1 is 1.47 bits per heavy atom. The van der Waals surface area contributed by atoms with Crippen LogP contribution < -0.4 is 5.73 Å². The van der Waals surface area contributed by atoms with E-state index in [-0.39, 0.29) is 0 Å². The Balaban J connectivity index is 2.60. The van der Waals surface area contributed by atoms with Gasteiger partial charge < -0.3 is 15.8 Å². The van der Waals surface area contributed by atoms with Gasteiger partial charge in [-0.1, -0.05) is 0 Å². The highest BCUT2D eigenvalue weighted by Crippen LogP contribution is 2.26. The molecule has 0 radical (unpaired) electrons. The quantitative estimate of drug-likeness (QED) is 0.681. The molecule has 15 heavy (non-hydrogen) atoms. The highest BCUT2D eigenvalue weighted by atomic mass is 16.3. The molecular formula is C12H17N2O+. The molecule has 0 amide bonds. The maximum absolute atomic E-state index is 9.47.